The number of carbonyl (C=O) groups is 1. The van der Waals surface area contributed by atoms with Crippen LogP contribution in [0.5, 0.6) is 5.75 Å². The van der Waals surface area contributed by atoms with Crippen molar-refractivity contribution in [2.45, 2.75) is 51.7 Å². The highest BCUT2D eigenvalue weighted by Gasteiger charge is 2.29. The molecule has 23 heavy (non-hydrogen) atoms. The number of aliphatic hydroxyl groups is 1. The highest BCUT2D eigenvalue weighted by molar-refractivity contribution is 6.30. The van der Waals surface area contributed by atoms with Gasteiger partial charge in [-0.25, -0.2) is 0 Å². The lowest BCUT2D eigenvalue weighted by Gasteiger charge is -2.35. The number of rotatable bonds is 5. The second-order valence-electron chi connectivity index (χ2n) is 6.48. The Morgan fingerprint density at radius 3 is 2.61 bits per heavy atom. The first kappa shape index (κ1) is 18.1. The van der Waals surface area contributed by atoms with Gasteiger partial charge in [0.1, 0.15) is 5.75 Å². The molecular formula is C18H26ClNO3. The highest BCUT2D eigenvalue weighted by Crippen LogP contribution is 2.28. The Hall–Kier alpha value is -1.26. The quantitative estimate of drug-likeness (QED) is 0.894. The molecule has 4 nitrogen and oxygen atoms in total. The van der Waals surface area contributed by atoms with Crippen LogP contribution in [-0.2, 0) is 4.79 Å². The van der Waals surface area contributed by atoms with Gasteiger partial charge in [-0.2, -0.15) is 0 Å². The first-order valence-corrected chi connectivity index (χ1v) is 8.60. The molecule has 1 atom stereocenters. The average Bonchev–Trinajstić information content (AvgIpc) is 2.56. The van der Waals surface area contributed by atoms with Crippen LogP contribution in [0.3, 0.4) is 0 Å². The Morgan fingerprint density at radius 1 is 1.39 bits per heavy atom. The van der Waals surface area contributed by atoms with Crippen molar-refractivity contribution >= 4 is 17.5 Å². The summed E-state index contributed by atoms with van der Waals surface area (Å²) in [6.45, 7) is 3.95. The van der Waals surface area contributed by atoms with E-state index in [1.165, 1.54) is 0 Å². The van der Waals surface area contributed by atoms with Gasteiger partial charge in [0.2, 0.25) is 0 Å². The van der Waals surface area contributed by atoms with E-state index in [1.54, 1.807) is 19.1 Å². The van der Waals surface area contributed by atoms with Gasteiger partial charge in [-0.3, -0.25) is 4.79 Å². The van der Waals surface area contributed by atoms with E-state index < -0.39 is 6.10 Å². The number of aliphatic hydroxyl groups excluding tert-OH is 1. The van der Waals surface area contributed by atoms with E-state index in [9.17, 15) is 9.90 Å². The molecule has 0 radical (unpaired) electrons. The standard InChI is InChI=1S/C18H26ClNO3/c1-12-10-15(19)6-9-17(12)23-13(2)18(22)20(3)16-7-4-14(11-21)5-8-16/h6,9-10,13-14,16,21H,4-5,7-8,11H2,1-3H3. The fourth-order valence-corrected chi connectivity index (χ4v) is 3.39. The van der Waals surface area contributed by atoms with E-state index in [0.29, 0.717) is 16.7 Å². The summed E-state index contributed by atoms with van der Waals surface area (Å²) in [4.78, 5) is 14.4. The van der Waals surface area contributed by atoms with Crippen LogP contribution in [-0.4, -0.2) is 41.7 Å². The van der Waals surface area contributed by atoms with Gasteiger partial charge in [0, 0.05) is 24.7 Å². The van der Waals surface area contributed by atoms with Crippen LogP contribution in [0.15, 0.2) is 18.2 Å². The maximum atomic E-state index is 12.6. The molecule has 1 aromatic rings. The number of amides is 1. The molecule has 1 aromatic carbocycles. The van der Waals surface area contributed by atoms with Crippen molar-refractivity contribution in [2.24, 2.45) is 5.92 Å². The van der Waals surface area contributed by atoms with Crippen molar-refractivity contribution in [3.8, 4) is 5.75 Å². The van der Waals surface area contributed by atoms with Crippen molar-refractivity contribution in [3.63, 3.8) is 0 Å². The molecule has 0 spiro atoms. The summed E-state index contributed by atoms with van der Waals surface area (Å²) in [7, 11) is 1.85. The van der Waals surface area contributed by atoms with Crippen molar-refractivity contribution < 1.29 is 14.6 Å². The molecule has 1 unspecified atom stereocenters. The van der Waals surface area contributed by atoms with Gasteiger partial charge in [0.05, 0.1) is 0 Å². The molecule has 0 bridgehead atoms. The summed E-state index contributed by atoms with van der Waals surface area (Å²) in [5, 5.41) is 9.87. The molecule has 5 heteroatoms. The number of aryl methyl sites for hydroxylation is 1. The number of hydrogen-bond acceptors (Lipinski definition) is 3. The number of likely N-dealkylation sites (N-methyl/N-ethyl adjacent to an activating group) is 1. The van der Waals surface area contributed by atoms with Crippen LogP contribution in [0.25, 0.3) is 0 Å². The summed E-state index contributed by atoms with van der Waals surface area (Å²) in [6, 6.07) is 5.63. The molecular weight excluding hydrogens is 314 g/mol. The topological polar surface area (TPSA) is 49.8 Å². The van der Waals surface area contributed by atoms with E-state index in [1.807, 2.05) is 24.9 Å². The summed E-state index contributed by atoms with van der Waals surface area (Å²) in [6.07, 6.45) is 3.31. The Labute approximate surface area is 143 Å². The minimum Gasteiger partial charge on any atom is -0.481 e. The molecule has 1 amide bonds. The molecule has 0 heterocycles. The third kappa shape index (κ3) is 4.61. The number of hydrogen-bond donors (Lipinski definition) is 1. The molecule has 1 aliphatic carbocycles. The Balaban J connectivity index is 1.93. The molecule has 1 N–H and O–H groups in total. The van der Waals surface area contributed by atoms with Crippen LogP contribution in [0, 0.1) is 12.8 Å². The minimum atomic E-state index is -0.532. The highest BCUT2D eigenvalue weighted by atomic mass is 35.5. The second-order valence-corrected chi connectivity index (χ2v) is 6.91. The fraction of sp³-hybridized carbons (Fsp3) is 0.611. The van der Waals surface area contributed by atoms with Crippen LogP contribution in [0.1, 0.15) is 38.2 Å². The normalized spacial score (nSPS) is 22.5. The number of carbonyl (C=O) groups excluding carboxylic acids is 1. The van der Waals surface area contributed by atoms with Crippen LogP contribution < -0.4 is 4.74 Å². The van der Waals surface area contributed by atoms with E-state index >= 15 is 0 Å². The van der Waals surface area contributed by atoms with Crippen molar-refractivity contribution in [3.05, 3.63) is 28.8 Å². The Kier molecular flexibility index (Phi) is 6.31. The van der Waals surface area contributed by atoms with Crippen molar-refractivity contribution in [1.82, 2.24) is 4.90 Å². The summed E-state index contributed by atoms with van der Waals surface area (Å²) >= 11 is 5.94. The summed E-state index contributed by atoms with van der Waals surface area (Å²) < 4.78 is 5.83. The number of ether oxygens (including phenoxy) is 1. The average molecular weight is 340 g/mol. The van der Waals surface area contributed by atoms with Crippen LogP contribution >= 0.6 is 11.6 Å². The predicted molar refractivity (Wildman–Crippen MR) is 91.9 cm³/mol. The largest absolute Gasteiger partial charge is 0.481 e. The third-order valence-corrected chi connectivity index (χ3v) is 4.99. The maximum Gasteiger partial charge on any atom is 0.263 e. The first-order valence-electron chi connectivity index (χ1n) is 8.22. The zero-order valence-corrected chi connectivity index (χ0v) is 14.8. The Bertz CT molecular complexity index is 541. The SMILES string of the molecule is Cc1cc(Cl)ccc1OC(C)C(=O)N(C)C1CCC(CO)CC1. The second kappa shape index (κ2) is 8.02. The molecule has 128 valence electrons. The first-order chi connectivity index (χ1) is 10.9. The van der Waals surface area contributed by atoms with Crippen LogP contribution in [0.4, 0.5) is 0 Å². The lowest BCUT2D eigenvalue weighted by Crippen LogP contribution is -2.45. The van der Waals surface area contributed by atoms with Gasteiger partial charge in [0.15, 0.2) is 6.10 Å². The van der Waals surface area contributed by atoms with E-state index in [0.717, 1.165) is 31.2 Å². The number of halogens is 1. The molecule has 2 rings (SSSR count). The smallest absolute Gasteiger partial charge is 0.263 e. The van der Waals surface area contributed by atoms with Crippen molar-refractivity contribution in [2.75, 3.05) is 13.7 Å². The van der Waals surface area contributed by atoms with Gasteiger partial charge in [-0.05, 0) is 69.2 Å². The molecule has 1 fully saturated rings. The number of nitrogens with zero attached hydrogens (tertiary/aromatic N) is 1. The molecule has 1 aliphatic rings. The third-order valence-electron chi connectivity index (χ3n) is 4.76. The molecule has 0 aliphatic heterocycles. The molecule has 0 saturated heterocycles. The van der Waals surface area contributed by atoms with Gasteiger partial charge < -0.3 is 14.7 Å². The van der Waals surface area contributed by atoms with E-state index in [2.05, 4.69) is 0 Å². The van der Waals surface area contributed by atoms with Gasteiger partial charge in [0.25, 0.3) is 5.91 Å². The van der Waals surface area contributed by atoms with Gasteiger partial charge in [-0.15, -0.1) is 0 Å². The lowest BCUT2D eigenvalue weighted by atomic mass is 9.86. The van der Waals surface area contributed by atoms with Crippen LogP contribution in [0.2, 0.25) is 5.02 Å². The van der Waals surface area contributed by atoms with E-state index in [-0.39, 0.29) is 18.6 Å². The fourth-order valence-electron chi connectivity index (χ4n) is 3.17. The zero-order valence-electron chi connectivity index (χ0n) is 14.1. The summed E-state index contributed by atoms with van der Waals surface area (Å²) in [5.74, 6) is 1.07. The zero-order chi connectivity index (χ0) is 17.0. The summed E-state index contributed by atoms with van der Waals surface area (Å²) in [5.41, 5.74) is 0.920. The minimum absolute atomic E-state index is 0.00759. The molecule has 0 aromatic heterocycles. The predicted octanol–water partition coefficient (Wildman–Crippen LogP) is 3.43. The number of benzene rings is 1. The van der Waals surface area contributed by atoms with E-state index in [4.69, 9.17) is 16.3 Å². The molecule has 1 saturated carbocycles. The van der Waals surface area contributed by atoms with Crippen molar-refractivity contribution in [1.29, 1.82) is 0 Å². The lowest BCUT2D eigenvalue weighted by molar-refractivity contribution is -0.139. The Morgan fingerprint density at radius 2 is 2.04 bits per heavy atom. The maximum absolute atomic E-state index is 12.6. The van der Waals surface area contributed by atoms with Gasteiger partial charge in [-0.1, -0.05) is 11.6 Å². The monoisotopic (exact) mass is 339 g/mol. The van der Waals surface area contributed by atoms with Gasteiger partial charge >= 0.3 is 0 Å².